The average molecular weight is 490 g/mol. The number of alkyl halides is 3. The highest BCUT2D eigenvalue weighted by Gasteiger charge is 2.30. The van der Waals surface area contributed by atoms with Gasteiger partial charge in [0, 0.05) is 20.0 Å². The van der Waals surface area contributed by atoms with Crippen molar-refractivity contribution in [3.8, 4) is 23.0 Å². The Balaban J connectivity index is 1.37. The summed E-state index contributed by atoms with van der Waals surface area (Å²) < 4.78 is 59.7. The molecule has 0 radical (unpaired) electrons. The second kappa shape index (κ2) is 12.1. The molecule has 3 rings (SSSR count). The van der Waals surface area contributed by atoms with Gasteiger partial charge in [-0.15, -0.1) is 0 Å². The molecule has 0 saturated carbocycles. The molecule has 0 aliphatic rings. The van der Waals surface area contributed by atoms with Crippen LogP contribution < -0.4 is 14.2 Å². The summed E-state index contributed by atoms with van der Waals surface area (Å²) in [5, 5.41) is 9.04. The summed E-state index contributed by atoms with van der Waals surface area (Å²) in [6.07, 6.45) is -4.36. The molecule has 0 amide bonds. The van der Waals surface area contributed by atoms with Crippen LogP contribution in [-0.2, 0) is 22.1 Å². The van der Waals surface area contributed by atoms with E-state index in [1.807, 2.05) is 0 Å². The maximum Gasteiger partial charge on any atom is 0.416 e. The first-order valence-electron chi connectivity index (χ1n) is 10.8. The van der Waals surface area contributed by atoms with Crippen LogP contribution in [0.5, 0.6) is 23.0 Å². The number of carboxylic acids is 1. The van der Waals surface area contributed by atoms with E-state index in [9.17, 15) is 18.0 Å². The molecule has 0 bridgehead atoms. The van der Waals surface area contributed by atoms with Gasteiger partial charge in [0.2, 0.25) is 0 Å². The lowest BCUT2D eigenvalue weighted by atomic mass is 10.1. The topological polar surface area (TPSA) is 74.2 Å². The van der Waals surface area contributed by atoms with Gasteiger partial charge in [-0.1, -0.05) is 12.1 Å². The Morgan fingerprint density at radius 1 is 0.800 bits per heavy atom. The van der Waals surface area contributed by atoms with Gasteiger partial charge in [0.25, 0.3) is 0 Å². The van der Waals surface area contributed by atoms with E-state index in [1.54, 1.807) is 48.5 Å². The van der Waals surface area contributed by atoms with Crippen LogP contribution in [0.2, 0.25) is 0 Å². The van der Waals surface area contributed by atoms with Crippen LogP contribution in [0.25, 0.3) is 0 Å². The van der Waals surface area contributed by atoms with E-state index in [0.29, 0.717) is 42.6 Å². The predicted octanol–water partition coefficient (Wildman–Crippen LogP) is 5.99. The quantitative estimate of drug-likeness (QED) is 0.315. The van der Waals surface area contributed by atoms with E-state index >= 15 is 0 Å². The average Bonchev–Trinajstić information content (AvgIpc) is 2.84. The van der Waals surface area contributed by atoms with Gasteiger partial charge in [0.1, 0.15) is 23.0 Å². The first-order chi connectivity index (χ1) is 16.7. The summed E-state index contributed by atoms with van der Waals surface area (Å²) in [4.78, 5) is 11.0. The molecule has 0 aromatic heterocycles. The lowest BCUT2D eigenvalue weighted by Crippen LogP contribution is -2.24. The number of ether oxygens (including phenoxy) is 4. The first-order valence-corrected chi connectivity index (χ1v) is 10.8. The number of hydrogen-bond donors (Lipinski definition) is 1. The van der Waals surface area contributed by atoms with Crippen molar-refractivity contribution in [3.63, 3.8) is 0 Å². The summed E-state index contributed by atoms with van der Waals surface area (Å²) in [7, 11) is 1.36. The largest absolute Gasteiger partial charge is 0.493 e. The maximum atomic E-state index is 12.6. The van der Waals surface area contributed by atoms with Crippen LogP contribution in [0.4, 0.5) is 13.2 Å². The van der Waals surface area contributed by atoms with Gasteiger partial charge in [-0.3, -0.25) is 0 Å². The lowest BCUT2D eigenvalue weighted by molar-refractivity contribution is -0.148. The van der Waals surface area contributed by atoms with Gasteiger partial charge in [0.15, 0.2) is 6.10 Å². The van der Waals surface area contributed by atoms with Crippen LogP contribution >= 0.6 is 0 Å². The van der Waals surface area contributed by atoms with Crippen molar-refractivity contribution in [3.05, 3.63) is 83.9 Å². The van der Waals surface area contributed by atoms with Crippen molar-refractivity contribution in [1.29, 1.82) is 0 Å². The number of hydrogen-bond acceptors (Lipinski definition) is 5. The summed E-state index contributed by atoms with van der Waals surface area (Å²) in [6.45, 7) is 0.857. The highest BCUT2D eigenvalue weighted by atomic mass is 19.4. The third-order valence-electron chi connectivity index (χ3n) is 4.97. The molecule has 1 unspecified atom stereocenters. The molecular weight excluding hydrogens is 465 g/mol. The molecule has 0 spiro atoms. The zero-order chi connectivity index (χ0) is 25.3. The third-order valence-corrected chi connectivity index (χ3v) is 4.97. The van der Waals surface area contributed by atoms with Crippen molar-refractivity contribution in [1.82, 2.24) is 0 Å². The van der Waals surface area contributed by atoms with E-state index in [4.69, 9.17) is 24.1 Å². The number of methoxy groups -OCH3 is 1. The fourth-order valence-electron chi connectivity index (χ4n) is 3.10. The minimum Gasteiger partial charge on any atom is -0.493 e. The van der Waals surface area contributed by atoms with Crippen molar-refractivity contribution in [2.75, 3.05) is 20.3 Å². The number of carboxylic acid groups (broad SMARTS) is 1. The Kier molecular flexibility index (Phi) is 8.97. The summed E-state index contributed by atoms with van der Waals surface area (Å²) in [6, 6.07) is 18.4. The van der Waals surface area contributed by atoms with Crippen molar-refractivity contribution in [2.24, 2.45) is 0 Å². The van der Waals surface area contributed by atoms with Crippen LogP contribution in [0.1, 0.15) is 17.5 Å². The molecule has 9 heteroatoms. The first kappa shape index (κ1) is 25.9. The SMILES string of the molecule is COC(Cc1ccc(OCCCOc2ccc(Oc3ccc(C(F)(F)F)cc3)cc2)cc1)C(=O)O. The van der Waals surface area contributed by atoms with Gasteiger partial charge in [-0.25, -0.2) is 4.79 Å². The second-order valence-electron chi connectivity index (χ2n) is 7.56. The Labute approximate surface area is 200 Å². The van der Waals surface area contributed by atoms with Crippen LogP contribution in [0.3, 0.4) is 0 Å². The third kappa shape index (κ3) is 8.22. The van der Waals surface area contributed by atoms with E-state index in [2.05, 4.69) is 0 Å². The monoisotopic (exact) mass is 490 g/mol. The summed E-state index contributed by atoms with van der Waals surface area (Å²) in [5.74, 6) is 1.07. The van der Waals surface area contributed by atoms with Gasteiger partial charge >= 0.3 is 12.1 Å². The van der Waals surface area contributed by atoms with Gasteiger partial charge in [-0.2, -0.15) is 13.2 Å². The molecule has 35 heavy (non-hydrogen) atoms. The van der Waals surface area contributed by atoms with E-state index in [-0.39, 0.29) is 6.42 Å². The minimum absolute atomic E-state index is 0.272. The molecule has 1 atom stereocenters. The highest BCUT2D eigenvalue weighted by molar-refractivity contribution is 5.72. The normalized spacial score (nSPS) is 12.1. The van der Waals surface area contributed by atoms with Crippen LogP contribution in [-0.4, -0.2) is 37.5 Å². The zero-order valence-corrected chi connectivity index (χ0v) is 19.0. The van der Waals surface area contributed by atoms with Crippen molar-refractivity contribution >= 4 is 5.97 Å². The summed E-state index contributed by atoms with van der Waals surface area (Å²) in [5.41, 5.74) is 0.103. The standard InChI is InChI=1S/C26H25F3O6/c1-32-24(25(30)31)17-18-3-7-20(8-4-18)33-15-2-16-34-21-11-13-23(14-12-21)35-22-9-5-19(6-10-22)26(27,28)29/h3-14,24H,2,15-17H2,1H3,(H,30,31). The van der Waals surface area contributed by atoms with Crippen molar-refractivity contribution < 1.29 is 42.0 Å². The van der Waals surface area contributed by atoms with Crippen LogP contribution in [0.15, 0.2) is 72.8 Å². The summed E-state index contributed by atoms with van der Waals surface area (Å²) >= 11 is 0. The van der Waals surface area contributed by atoms with Gasteiger partial charge < -0.3 is 24.1 Å². The van der Waals surface area contributed by atoms with Gasteiger partial charge in [0.05, 0.1) is 18.8 Å². The van der Waals surface area contributed by atoms with E-state index in [0.717, 1.165) is 17.7 Å². The van der Waals surface area contributed by atoms with Gasteiger partial charge in [-0.05, 0) is 66.2 Å². The highest BCUT2D eigenvalue weighted by Crippen LogP contribution is 2.31. The fraction of sp³-hybridized carbons (Fsp3) is 0.269. The van der Waals surface area contributed by atoms with Crippen LogP contribution in [0, 0.1) is 0 Å². The molecule has 0 aliphatic heterocycles. The fourth-order valence-corrected chi connectivity index (χ4v) is 3.10. The molecule has 0 aliphatic carbocycles. The molecule has 3 aromatic rings. The van der Waals surface area contributed by atoms with E-state index in [1.165, 1.54) is 19.2 Å². The lowest BCUT2D eigenvalue weighted by Gasteiger charge is -2.12. The van der Waals surface area contributed by atoms with Crippen molar-refractivity contribution in [2.45, 2.75) is 25.1 Å². The Bertz CT molecular complexity index is 1060. The molecule has 1 N–H and O–H groups in total. The number of benzene rings is 3. The van der Waals surface area contributed by atoms with E-state index < -0.39 is 23.8 Å². The molecule has 3 aromatic carbocycles. The molecule has 6 nitrogen and oxygen atoms in total. The second-order valence-corrected chi connectivity index (χ2v) is 7.56. The molecule has 0 saturated heterocycles. The number of carbonyl (C=O) groups is 1. The molecule has 0 fully saturated rings. The zero-order valence-electron chi connectivity index (χ0n) is 19.0. The minimum atomic E-state index is -4.38. The molecule has 186 valence electrons. The molecule has 0 heterocycles. The number of aliphatic carboxylic acids is 1. The maximum absolute atomic E-state index is 12.6. The molecular formula is C26H25F3O6. The predicted molar refractivity (Wildman–Crippen MR) is 122 cm³/mol. The Morgan fingerprint density at radius 3 is 1.71 bits per heavy atom. The number of halogens is 3. The Morgan fingerprint density at radius 2 is 1.26 bits per heavy atom. The Hall–Kier alpha value is -3.72. The smallest absolute Gasteiger partial charge is 0.416 e. The number of rotatable bonds is 12.